The normalized spacial score (nSPS) is 13.9. The van der Waals surface area contributed by atoms with Crippen LogP contribution in [0.3, 0.4) is 0 Å². The molecule has 0 aromatic rings. The summed E-state index contributed by atoms with van der Waals surface area (Å²) in [6, 6.07) is -2.22. The zero-order chi connectivity index (χ0) is 12.7. The smallest absolute Gasteiger partial charge is 0.323 e. The first-order valence-electron chi connectivity index (χ1n) is 4.53. The maximum Gasteiger partial charge on any atom is 0.323 e. The average molecular weight is 233 g/mol. The topological polar surface area (TPSA) is 159 Å². The summed E-state index contributed by atoms with van der Waals surface area (Å²) in [7, 11) is 0. The fraction of sp³-hybridized carbons (Fsp3) is 0.625. The lowest BCUT2D eigenvalue weighted by Gasteiger charge is -2.10. The highest BCUT2D eigenvalue weighted by Crippen LogP contribution is 1.95. The van der Waals surface area contributed by atoms with Crippen LogP contribution in [0, 0.1) is 0 Å². The van der Waals surface area contributed by atoms with Crippen molar-refractivity contribution in [1.29, 1.82) is 0 Å². The molecular formula is C8H15N3O5. The summed E-state index contributed by atoms with van der Waals surface area (Å²) in [6.45, 7) is -0.168. The van der Waals surface area contributed by atoms with Gasteiger partial charge in [-0.2, -0.15) is 0 Å². The molecule has 0 saturated carbocycles. The highest BCUT2D eigenvalue weighted by Gasteiger charge is 2.18. The summed E-state index contributed by atoms with van der Waals surface area (Å²) >= 11 is 0. The Balaban J connectivity index is 3.81. The number of rotatable bonds is 7. The molecule has 0 fully saturated rings. The van der Waals surface area contributed by atoms with Crippen molar-refractivity contribution in [3.05, 3.63) is 0 Å². The van der Waals surface area contributed by atoms with Gasteiger partial charge in [0, 0.05) is 6.42 Å². The van der Waals surface area contributed by atoms with E-state index in [0.717, 1.165) is 0 Å². The largest absolute Gasteiger partial charge is 0.480 e. The summed E-state index contributed by atoms with van der Waals surface area (Å²) in [5, 5.41) is 8.42. The Morgan fingerprint density at radius 2 is 1.75 bits per heavy atom. The summed E-state index contributed by atoms with van der Waals surface area (Å²) < 4.78 is 4.61. The second-order valence-corrected chi connectivity index (χ2v) is 3.18. The summed E-state index contributed by atoms with van der Waals surface area (Å²) in [4.78, 5) is 31.8. The first-order valence-corrected chi connectivity index (χ1v) is 4.53. The van der Waals surface area contributed by atoms with Crippen molar-refractivity contribution in [3.8, 4) is 0 Å². The lowest BCUT2D eigenvalue weighted by atomic mass is 10.2. The van der Waals surface area contributed by atoms with E-state index in [0.29, 0.717) is 0 Å². The number of esters is 1. The SMILES string of the molecule is NC(=O)C[C@H](N)C(=O)OCC[C@H](N)C(=O)O. The second kappa shape index (κ2) is 6.75. The van der Waals surface area contributed by atoms with Crippen molar-refractivity contribution in [2.45, 2.75) is 24.9 Å². The van der Waals surface area contributed by atoms with Gasteiger partial charge in [-0.15, -0.1) is 0 Å². The van der Waals surface area contributed by atoms with Crippen LogP contribution < -0.4 is 17.2 Å². The molecule has 0 aliphatic rings. The number of hydrogen-bond acceptors (Lipinski definition) is 6. The lowest BCUT2D eigenvalue weighted by molar-refractivity contribution is -0.148. The first-order chi connectivity index (χ1) is 7.34. The highest BCUT2D eigenvalue weighted by atomic mass is 16.5. The molecule has 0 spiro atoms. The van der Waals surface area contributed by atoms with Crippen molar-refractivity contribution in [2.24, 2.45) is 17.2 Å². The Morgan fingerprint density at radius 1 is 1.19 bits per heavy atom. The van der Waals surface area contributed by atoms with Crippen molar-refractivity contribution in [2.75, 3.05) is 6.61 Å². The van der Waals surface area contributed by atoms with Crippen LogP contribution in [0.2, 0.25) is 0 Å². The highest BCUT2D eigenvalue weighted by molar-refractivity contribution is 5.84. The van der Waals surface area contributed by atoms with Crippen molar-refractivity contribution >= 4 is 17.8 Å². The van der Waals surface area contributed by atoms with Crippen molar-refractivity contribution < 1.29 is 24.2 Å². The molecule has 1 amide bonds. The maximum absolute atomic E-state index is 11.1. The number of amides is 1. The Labute approximate surface area is 91.7 Å². The number of hydrogen-bond donors (Lipinski definition) is 4. The molecule has 0 heterocycles. The van der Waals surface area contributed by atoms with E-state index >= 15 is 0 Å². The minimum atomic E-state index is -1.18. The number of carbonyl (C=O) groups is 3. The fourth-order valence-corrected chi connectivity index (χ4v) is 0.817. The van der Waals surface area contributed by atoms with Gasteiger partial charge in [0.2, 0.25) is 5.91 Å². The molecule has 2 atom stereocenters. The minimum Gasteiger partial charge on any atom is -0.480 e. The molecule has 0 radical (unpaired) electrons. The number of carbonyl (C=O) groups excluding carboxylic acids is 2. The van der Waals surface area contributed by atoms with Gasteiger partial charge >= 0.3 is 11.9 Å². The van der Waals surface area contributed by atoms with Gasteiger partial charge < -0.3 is 27.0 Å². The Morgan fingerprint density at radius 3 is 2.19 bits per heavy atom. The molecule has 0 unspecified atom stereocenters. The molecule has 8 heteroatoms. The number of ether oxygens (including phenoxy) is 1. The zero-order valence-corrected chi connectivity index (χ0v) is 8.59. The van der Waals surface area contributed by atoms with Crippen LogP contribution in [-0.2, 0) is 19.1 Å². The molecule has 0 rings (SSSR count). The fourth-order valence-electron chi connectivity index (χ4n) is 0.817. The van der Waals surface area contributed by atoms with E-state index in [4.69, 9.17) is 22.3 Å². The molecule has 0 aromatic heterocycles. The molecule has 0 aromatic carbocycles. The van der Waals surface area contributed by atoms with Crippen LogP contribution in [0.5, 0.6) is 0 Å². The number of nitrogens with two attached hydrogens (primary N) is 3. The third-order valence-corrected chi connectivity index (χ3v) is 1.71. The predicted molar refractivity (Wildman–Crippen MR) is 53.0 cm³/mol. The van der Waals surface area contributed by atoms with Gasteiger partial charge in [-0.3, -0.25) is 14.4 Å². The molecule has 0 bridgehead atoms. The maximum atomic E-state index is 11.1. The molecule has 0 saturated heterocycles. The van der Waals surface area contributed by atoms with Crippen LogP contribution in [0.15, 0.2) is 0 Å². The van der Waals surface area contributed by atoms with Crippen molar-refractivity contribution in [1.82, 2.24) is 0 Å². The first kappa shape index (κ1) is 14.3. The molecule has 0 aliphatic carbocycles. The van der Waals surface area contributed by atoms with Gasteiger partial charge in [-0.25, -0.2) is 0 Å². The monoisotopic (exact) mass is 233 g/mol. The van der Waals surface area contributed by atoms with E-state index in [9.17, 15) is 14.4 Å². The van der Waals surface area contributed by atoms with E-state index in [-0.39, 0.29) is 19.4 Å². The van der Waals surface area contributed by atoms with Crippen LogP contribution in [0.4, 0.5) is 0 Å². The summed E-state index contributed by atoms with van der Waals surface area (Å²) in [6.07, 6.45) is -0.339. The number of carboxylic acid groups (broad SMARTS) is 1. The van der Waals surface area contributed by atoms with Crippen LogP contribution in [0.1, 0.15) is 12.8 Å². The Kier molecular flexibility index (Phi) is 6.04. The van der Waals surface area contributed by atoms with E-state index in [1.165, 1.54) is 0 Å². The number of carboxylic acids is 1. The van der Waals surface area contributed by atoms with Gasteiger partial charge in [0.25, 0.3) is 0 Å². The second-order valence-electron chi connectivity index (χ2n) is 3.18. The molecule has 16 heavy (non-hydrogen) atoms. The molecule has 0 aliphatic heterocycles. The third kappa shape index (κ3) is 5.94. The predicted octanol–water partition coefficient (Wildman–Crippen LogP) is -2.47. The zero-order valence-electron chi connectivity index (χ0n) is 8.59. The van der Waals surface area contributed by atoms with Gasteiger partial charge in [0.1, 0.15) is 12.1 Å². The van der Waals surface area contributed by atoms with E-state index in [1.54, 1.807) is 0 Å². The van der Waals surface area contributed by atoms with Gasteiger partial charge in [0.15, 0.2) is 0 Å². The van der Waals surface area contributed by atoms with E-state index in [1.807, 2.05) is 0 Å². The Bertz CT molecular complexity index is 281. The molecule has 8 nitrogen and oxygen atoms in total. The van der Waals surface area contributed by atoms with E-state index < -0.39 is 29.9 Å². The molecular weight excluding hydrogens is 218 g/mol. The lowest BCUT2D eigenvalue weighted by Crippen LogP contribution is -2.37. The third-order valence-electron chi connectivity index (χ3n) is 1.71. The molecule has 7 N–H and O–H groups in total. The van der Waals surface area contributed by atoms with Gasteiger partial charge in [0.05, 0.1) is 13.0 Å². The summed E-state index contributed by atoms with van der Waals surface area (Å²) in [5.41, 5.74) is 15.3. The van der Waals surface area contributed by atoms with Crippen LogP contribution >= 0.6 is 0 Å². The van der Waals surface area contributed by atoms with Crippen LogP contribution in [0.25, 0.3) is 0 Å². The quantitative estimate of drug-likeness (QED) is 0.354. The van der Waals surface area contributed by atoms with Gasteiger partial charge in [-0.05, 0) is 0 Å². The van der Waals surface area contributed by atoms with Crippen LogP contribution in [-0.4, -0.2) is 41.6 Å². The minimum absolute atomic E-state index is 0.0234. The number of primary amides is 1. The average Bonchev–Trinajstić information content (AvgIpc) is 2.15. The van der Waals surface area contributed by atoms with Gasteiger partial charge in [-0.1, -0.05) is 0 Å². The Hall–Kier alpha value is -1.67. The van der Waals surface area contributed by atoms with E-state index in [2.05, 4.69) is 4.74 Å². The standard InChI is InChI=1S/C8H15N3O5/c9-4(7(13)14)1-2-16-8(15)5(10)3-6(11)12/h4-5H,1-3,9-10H2,(H2,11,12)(H,13,14)/t4-,5-/m0/s1. The molecule has 92 valence electrons. The number of aliphatic carboxylic acids is 1. The van der Waals surface area contributed by atoms with Crippen molar-refractivity contribution in [3.63, 3.8) is 0 Å². The summed E-state index contributed by atoms with van der Waals surface area (Å²) in [5.74, 6) is -2.71.